The van der Waals surface area contributed by atoms with E-state index < -0.39 is 10.1 Å². The Bertz CT molecular complexity index is 350. The van der Waals surface area contributed by atoms with Crippen molar-refractivity contribution in [2.45, 2.75) is 33.6 Å². The molecule has 0 bridgehead atoms. The largest absolute Gasteiger partial charge is 0.270 e. The van der Waals surface area contributed by atoms with E-state index in [1.165, 1.54) is 0 Å². The van der Waals surface area contributed by atoms with Gasteiger partial charge in [0.05, 0.1) is 12.9 Å². The summed E-state index contributed by atoms with van der Waals surface area (Å²) in [5.74, 6) is 0.630. The molecule has 0 radical (unpaired) electrons. The summed E-state index contributed by atoms with van der Waals surface area (Å²) in [4.78, 5) is 0. The van der Waals surface area contributed by atoms with Gasteiger partial charge in [-0.25, -0.2) is 0 Å². The molecule has 3 unspecified atom stereocenters. The molecule has 0 aromatic carbocycles. The van der Waals surface area contributed by atoms with Crippen LogP contribution in [0, 0.1) is 16.7 Å². The first-order valence-electron chi connectivity index (χ1n) is 5.67. The Morgan fingerprint density at radius 3 is 2.31 bits per heavy atom. The van der Waals surface area contributed by atoms with E-state index in [0.29, 0.717) is 12.5 Å². The SMILES string of the molecule is CC1(COS(C)(=O)=O)CCC(CP)C1(C)C. The molecule has 1 saturated carbocycles. The minimum Gasteiger partial charge on any atom is -0.270 e. The Balaban J connectivity index is 2.79. The van der Waals surface area contributed by atoms with Gasteiger partial charge in [0, 0.05) is 0 Å². The lowest BCUT2D eigenvalue weighted by molar-refractivity contribution is 0.0447. The summed E-state index contributed by atoms with van der Waals surface area (Å²) in [5, 5.41) is 0. The highest BCUT2D eigenvalue weighted by Gasteiger charge is 2.51. The molecule has 96 valence electrons. The molecule has 0 amide bonds. The molecule has 0 spiro atoms. The zero-order valence-electron chi connectivity index (χ0n) is 10.6. The van der Waals surface area contributed by atoms with E-state index in [9.17, 15) is 8.42 Å². The maximum atomic E-state index is 11.1. The molecule has 0 aromatic heterocycles. The topological polar surface area (TPSA) is 43.4 Å². The van der Waals surface area contributed by atoms with Crippen molar-refractivity contribution < 1.29 is 12.6 Å². The van der Waals surface area contributed by atoms with Gasteiger partial charge in [-0.1, -0.05) is 20.8 Å². The van der Waals surface area contributed by atoms with E-state index in [0.717, 1.165) is 25.3 Å². The zero-order chi connectivity index (χ0) is 12.6. The lowest BCUT2D eigenvalue weighted by atomic mass is 9.66. The molecule has 1 aliphatic carbocycles. The lowest BCUT2D eigenvalue weighted by Crippen LogP contribution is -2.38. The van der Waals surface area contributed by atoms with Crippen molar-refractivity contribution in [2.75, 3.05) is 19.0 Å². The number of rotatable bonds is 4. The molecule has 0 aliphatic heterocycles. The zero-order valence-corrected chi connectivity index (χ0v) is 12.6. The third-order valence-electron chi connectivity index (χ3n) is 4.50. The van der Waals surface area contributed by atoms with Crippen molar-refractivity contribution in [1.29, 1.82) is 0 Å². The first kappa shape index (κ1) is 14.4. The second-order valence-corrected chi connectivity index (χ2v) is 7.84. The highest BCUT2D eigenvalue weighted by Crippen LogP contribution is 2.56. The molecule has 16 heavy (non-hydrogen) atoms. The van der Waals surface area contributed by atoms with E-state index in [-0.39, 0.29) is 10.8 Å². The van der Waals surface area contributed by atoms with Gasteiger partial charge >= 0.3 is 0 Å². The molecule has 0 N–H and O–H groups in total. The summed E-state index contributed by atoms with van der Waals surface area (Å²) >= 11 is 0. The monoisotopic (exact) mass is 266 g/mol. The van der Waals surface area contributed by atoms with Gasteiger partial charge in [-0.3, -0.25) is 4.18 Å². The Labute approximate surface area is 102 Å². The van der Waals surface area contributed by atoms with Crippen molar-refractivity contribution >= 4 is 19.4 Å². The normalized spacial score (nSPS) is 34.2. The summed E-state index contributed by atoms with van der Waals surface area (Å²) in [6.45, 7) is 6.89. The smallest absolute Gasteiger partial charge is 0.264 e. The Kier molecular flexibility index (Phi) is 4.09. The Hall–Kier alpha value is 0.340. The van der Waals surface area contributed by atoms with Gasteiger partial charge in [0.2, 0.25) is 0 Å². The maximum absolute atomic E-state index is 11.1. The minimum absolute atomic E-state index is 0.0443. The lowest BCUT2D eigenvalue weighted by Gasteiger charge is -2.41. The van der Waals surface area contributed by atoms with E-state index in [2.05, 4.69) is 30.0 Å². The summed E-state index contributed by atoms with van der Waals surface area (Å²) in [6.07, 6.45) is 4.38. The van der Waals surface area contributed by atoms with Gasteiger partial charge in [0.1, 0.15) is 0 Å². The van der Waals surface area contributed by atoms with Gasteiger partial charge in [0.15, 0.2) is 0 Å². The fraction of sp³-hybridized carbons (Fsp3) is 1.00. The predicted molar refractivity (Wildman–Crippen MR) is 70.0 cm³/mol. The van der Waals surface area contributed by atoms with Crippen LogP contribution in [0.15, 0.2) is 0 Å². The van der Waals surface area contributed by atoms with Crippen molar-refractivity contribution in [1.82, 2.24) is 0 Å². The third kappa shape index (κ3) is 2.77. The van der Waals surface area contributed by atoms with E-state index in [4.69, 9.17) is 4.18 Å². The first-order valence-corrected chi connectivity index (χ1v) is 8.30. The van der Waals surface area contributed by atoms with Crippen molar-refractivity contribution in [3.05, 3.63) is 0 Å². The van der Waals surface area contributed by atoms with E-state index >= 15 is 0 Å². The van der Waals surface area contributed by atoms with Crippen LogP contribution in [-0.2, 0) is 14.3 Å². The second-order valence-electron chi connectivity index (χ2n) is 5.72. The molecular formula is C11H23O3PS. The number of hydrogen-bond donors (Lipinski definition) is 0. The highest BCUT2D eigenvalue weighted by atomic mass is 32.2. The molecule has 1 rings (SSSR count). The van der Waals surface area contributed by atoms with Crippen LogP contribution in [0.1, 0.15) is 33.6 Å². The molecule has 0 aromatic rings. The van der Waals surface area contributed by atoms with Crippen molar-refractivity contribution in [3.63, 3.8) is 0 Å². The Morgan fingerprint density at radius 1 is 1.38 bits per heavy atom. The molecule has 3 atom stereocenters. The standard InChI is InChI=1S/C11H23O3PS/c1-10(2)9(7-15)5-6-11(10,3)8-14-16(4,12)13/h9H,5-8,15H2,1-4H3. The second kappa shape index (κ2) is 4.55. The van der Waals surface area contributed by atoms with Gasteiger partial charge in [-0.15, -0.1) is 9.24 Å². The van der Waals surface area contributed by atoms with Crippen LogP contribution in [0.2, 0.25) is 0 Å². The average molecular weight is 266 g/mol. The quantitative estimate of drug-likeness (QED) is 0.579. The summed E-state index contributed by atoms with van der Waals surface area (Å²) in [7, 11) is -0.534. The van der Waals surface area contributed by atoms with Crippen LogP contribution < -0.4 is 0 Å². The van der Waals surface area contributed by atoms with E-state index in [1.807, 2.05) is 0 Å². The molecule has 5 heteroatoms. The van der Waals surface area contributed by atoms with Gasteiger partial charge < -0.3 is 0 Å². The van der Waals surface area contributed by atoms with Gasteiger partial charge in [-0.2, -0.15) is 8.42 Å². The van der Waals surface area contributed by atoms with Crippen LogP contribution in [0.5, 0.6) is 0 Å². The molecular weight excluding hydrogens is 243 g/mol. The molecule has 1 fully saturated rings. The fourth-order valence-electron chi connectivity index (χ4n) is 2.58. The van der Waals surface area contributed by atoms with Crippen LogP contribution in [-0.4, -0.2) is 27.4 Å². The van der Waals surface area contributed by atoms with Crippen molar-refractivity contribution in [2.24, 2.45) is 16.7 Å². The summed E-state index contributed by atoms with van der Waals surface area (Å²) in [5.41, 5.74) is 0.0801. The van der Waals surface area contributed by atoms with Crippen LogP contribution >= 0.6 is 9.24 Å². The third-order valence-corrected chi connectivity index (χ3v) is 5.61. The predicted octanol–water partition coefficient (Wildman–Crippen LogP) is 2.28. The van der Waals surface area contributed by atoms with Crippen LogP contribution in [0.4, 0.5) is 0 Å². The molecule has 1 aliphatic rings. The molecule has 3 nitrogen and oxygen atoms in total. The summed E-state index contributed by atoms with van der Waals surface area (Å²) < 4.78 is 27.1. The Morgan fingerprint density at radius 2 is 1.94 bits per heavy atom. The number of hydrogen-bond acceptors (Lipinski definition) is 3. The van der Waals surface area contributed by atoms with Gasteiger partial charge in [0.25, 0.3) is 10.1 Å². The van der Waals surface area contributed by atoms with Crippen LogP contribution in [0.25, 0.3) is 0 Å². The van der Waals surface area contributed by atoms with Crippen molar-refractivity contribution in [3.8, 4) is 0 Å². The maximum Gasteiger partial charge on any atom is 0.264 e. The summed E-state index contributed by atoms with van der Waals surface area (Å²) in [6, 6.07) is 0. The van der Waals surface area contributed by atoms with Crippen LogP contribution in [0.3, 0.4) is 0 Å². The highest BCUT2D eigenvalue weighted by molar-refractivity contribution is 7.85. The molecule has 0 saturated heterocycles. The van der Waals surface area contributed by atoms with E-state index in [1.54, 1.807) is 0 Å². The average Bonchev–Trinajstić information content (AvgIpc) is 2.35. The fourth-order valence-corrected chi connectivity index (χ4v) is 3.88. The minimum atomic E-state index is -3.33. The molecule has 0 heterocycles. The van der Waals surface area contributed by atoms with Gasteiger partial charge in [-0.05, 0) is 35.8 Å². The first-order chi connectivity index (χ1) is 7.12.